The lowest BCUT2D eigenvalue weighted by molar-refractivity contribution is -0.153. The third-order valence-electron chi connectivity index (χ3n) is 2.19. The number of rotatable bonds is 3. The normalized spacial score (nSPS) is 14.4. The molecule has 0 N–H and O–H groups in total. The Morgan fingerprint density at radius 3 is 2.43 bits per heavy atom. The second kappa shape index (κ2) is 4.07. The molecule has 0 amide bonds. The lowest BCUT2D eigenvalue weighted by atomic mass is 10.0. The summed E-state index contributed by atoms with van der Waals surface area (Å²) in [4.78, 5) is 0. The minimum atomic E-state index is -4.37. The summed E-state index contributed by atoms with van der Waals surface area (Å²) < 4.78 is 41.1. The molecule has 0 aliphatic rings. The first kappa shape index (κ1) is 11.1. The molecule has 1 aromatic heterocycles. The molecular formula is C10H13F3O. The van der Waals surface area contributed by atoms with Gasteiger partial charge in [0.15, 0.2) is 0 Å². The van der Waals surface area contributed by atoms with Crippen molar-refractivity contribution in [3.63, 3.8) is 0 Å². The predicted octanol–water partition coefficient (Wildman–Crippen LogP) is 3.89. The molecule has 80 valence electrons. The molecule has 1 aromatic rings. The van der Waals surface area contributed by atoms with E-state index in [9.17, 15) is 13.2 Å². The van der Waals surface area contributed by atoms with Gasteiger partial charge < -0.3 is 4.42 Å². The van der Waals surface area contributed by atoms with Crippen LogP contribution in [-0.4, -0.2) is 0 Å². The van der Waals surface area contributed by atoms with Crippen LogP contribution in [-0.2, 0) is 12.6 Å². The second-order valence-corrected chi connectivity index (χ2v) is 3.48. The van der Waals surface area contributed by atoms with Crippen molar-refractivity contribution in [2.45, 2.75) is 32.9 Å². The van der Waals surface area contributed by atoms with E-state index in [0.717, 1.165) is 12.5 Å². The zero-order chi connectivity index (χ0) is 10.8. The van der Waals surface area contributed by atoms with Gasteiger partial charge >= 0.3 is 6.18 Å². The summed E-state index contributed by atoms with van der Waals surface area (Å²) in [5, 5.41) is 0. The molecule has 0 spiro atoms. The van der Waals surface area contributed by atoms with E-state index >= 15 is 0 Å². The van der Waals surface area contributed by atoms with Gasteiger partial charge in [-0.2, -0.15) is 13.2 Å². The van der Waals surface area contributed by atoms with Gasteiger partial charge in [0.05, 0.1) is 0 Å². The zero-order valence-corrected chi connectivity index (χ0v) is 8.19. The number of hydrogen-bond acceptors (Lipinski definition) is 1. The Kier molecular flexibility index (Phi) is 3.24. The maximum Gasteiger partial charge on any atom is 0.449 e. The van der Waals surface area contributed by atoms with Crippen molar-refractivity contribution in [2.75, 3.05) is 0 Å². The SMILES string of the molecule is CCC(C)Cc1ccc(C(F)(F)F)o1. The number of hydrogen-bond donors (Lipinski definition) is 0. The van der Waals surface area contributed by atoms with Gasteiger partial charge in [0, 0.05) is 6.42 Å². The molecule has 0 saturated carbocycles. The Balaban J connectivity index is 2.69. The van der Waals surface area contributed by atoms with Crippen molar-refractivity contribution >= 4 is 0 Å². The Labute approximate surface area is 80.9 Å². The van der Waals surface area contributed by atoms with Gasteiger partial charge in [0.25, 0.3) is 0 Å². The summed E-state index contributed by atoms with van der Waals surface area (Å²) in [5.41, 5.74) is 0. The van der Waals surface area contributed by atoms with E-state index < -0.39 is 11.9 Å². The molecule has 0 aromatic carbocycles. The lowest BCUT2D eigenvalue weighted by Gasteiger charge is -2.05. The highest BCUT2D eigenvalue weighted by Crippen LogP contribution is 2.31. The first-order valence-electron chi connectivity index (χ1n) is 4.59. The molecule has 1 rings (SSSR count). The van der Waals surface area contributed by atoms with Crippen molar-refractivity contribution in [3.8, 4) is 0 Å². The topological polar surface area (TPSA) is 13.1 Å². The fraction of sp³-hybridized carbons (Fsp3) is 0.600. The monoisotopic (exact) mass is 206 g/mol. The van der Waals surface area contributed by atoms with Crippen molar-refractivity contribution < 1.29 is 17.6 Å². The Hall–Kier alpha value is -0.930. The third kappa shape index (κ3) is 2.79. The molecule has 0 aliphatic heterocycles. The smallest absolute Gasteiger partial charge is 0.449 e. The average Bonchev–Trinajstić information content (AvgIpc) is 2.51. The third-order valence-corrected chi connectivity index (χ3v) is 2.19. The summed E-state index contributed by atoms with van der Waals surface area (Å²) in [5.74, 6) is -0.148. The molecule has 1 unspecified atom stereocenters. The molecule has 0 fully saturated rings. The minimum absolute atomic E-state index is 0.349. The number of furan rings is 1. The minimum Gasteiger partial charge on any atom is -0.457 e. The van der Waals surface area contributed by atoms with Crippen molar-refractivity contribution in [1.82, 2.24) is 0 Å². The Bertz CT molecular complexity index is 288. The molecular weight excluding hydrogens is 193 g/mol. The highest BCUT2D eigenvalue weighted by Gasteiger charge is 2.34. The molecule has 0 aliphatic carbocycles. The quantitative estimate of drug-likeness (QED) is 0.731. The van der Waals surface area contributed by atoms with Crippen molar-refractivity contribution in [3.05, 3.63) is 23.7 Å². The molecule has 1 heterocycles. The summed E-state index contributed by atoms with van der Waals surface area (Å²) in [6, 6.07) is 2.38. The zero-order valence-electron chi connectivity index (χ0n) is 8.19. The Morgan fingerprint density at radius 1 is 1.36 bits per heavy atom. The Morgan fingerprint density at radius 2 is 2.00 bits per heavy atom. The fourth-order valence-electron chi connectivity index (χ4n) is 1.13. The maximum absolute atomic E-state index is 12.1. The van der Waals surface area contributed by atoms with Crippen LogP contribution in [0.25, 0.3) is 0 Å². The van der Waals surface area contributed by atoms with Gasteiger partial charge in [-0.3, -0.25) is 0 Å². The lowest BCUT2D eigenvalue weighted by Crippen LogP contribution is -2.02. The van der Waals surface area contributed by atoms with Crippen LogP contribution in [0.1, 0.15) is 31.8 Å². The van der Waals surface area contributed by atoms with Crippen LogP contribution in [0.5, 0.6) is 0 Å². The van der Waals surface area contributed by atoms with Crippen LogP contribution in [0.4, 0.5) is 13.2 Å². The van der Waals surface area contributed by atoms with E-state index in [4.69, 9.17) is 4.42 Å². The van der Waals surface area contributed by atoms with Crippen LogP contribution in [0.3, 0.4) is 0 Å². The van der Waals surface area contributed by atoms with Gasteiger partial charge in [0.2, 0.25) is 5.76 Å². The summed E-state index contributed by atoms with van der Waals surface area (Å²) in [6.45, 7) is 3.98. The van der Waals surface area contributed by atoms with Crippen LogP contribution >= 0.6 is 0 Å². The average molecular weight is 206 g/mol. The van der Waals surface area contributed by atoms with Crippen LogP contribution in [0.2, 0.25) is 0 Å². The second-order valence-electron chi connectivity index (χ2n) is 3.48. The fourth-order valence-corrected chi connectivity index (χ4v) is 1.13. The van der Waals surface area contributed by atoms with Gasteiger partial charge in [-0.15, -0.1) is 0 Å². The van der Waals surface area contributed by atoms with E-state index in [1.165, 1.54) is 6.07 Å². The maximum atomic E-state index is 12.1. The van der Waals surface area contributed by atoms with Crippen LogP contribution < -0.4 is 0 Å². The first-order chi connectivity index (χ1) is 6.43. The van der Waals surface area contributed by atoms with Crippen molar-refractivity contribution in [2.24, 2.45) is 5.92 Å². The molecule has 0 bridgehead atoms. The summed E-state index contributed by atoms with van der Waals surface area (Å²) in [7, 11) is 0. The molecule has 4 heteroatoms. The van der Waals surface area contributed by atoms with Crippen LogP contribution in [0, 0.1) is 5.92 Å². The number of halogens is 3. The summed E-state index contributed by atoms with van der Waals surface area (Å²) in [6.07, 6.45) is -2.87. The van der Waals surface area contributed by atoms with Gasteiger partial charge in [-0.05, 0) is 18.1 Å². The predicted molar refractivity (Wildman–Crippen MR) is 46.9 cm³/mol. The van der Waals surface area contributed by atoms with E-state index in [0.29, 0.717) is 18.1 Å². The summed E-state index contributed by atoms with van der Waals surface area (Å²) >= 11 is 0. The highest BCUT2D eigenvalue weighted by atomic mass is 19.4. The molecule has 0 radical (unpaired) electrons. The standard InChI is InChI=1S/C10H13F3O/c1-3-7(2)6-8-4-5-9(14-8)10(11,12)13/h4-5,7H,3,6H2,1-2H3. The van der Waals surface area contributed by atoms with Crippen molar-refractivity contribution in [1.29, 1.82) is 0 Å². The van der Waals surface area contributed by atoms with Gasteiger partial charge in [-0.25, -0.2) is 0 Å². The largest absolute Gasteiger partial charge is 0.457 e. The van der Waals surface area contributed by atoms with E-state index in [1.807, 2.05) is 13.8 Å². The molecule has 1 atom stereocenters. The molecule has 14 heavy (non-hydrogen) atoms. The van der Waals surface area contributed by atoms with Gasteiger partial charge in [-0.1, -0.05) is 20.3 Å². The molecule has 1 nitrogen and oxygen atoms in total. The molecule has 0 saturated heterocycles. The highest BCUT2D eigenvalue weighted by molar-refractivity contribution is 5.10. The van der Waals surface area contributed by atoms with E-state index in [2.05, 4.69) is 0 Å². The van der Waals surface area contributed by atoms with Gasteiger partial charge in [0.1, 0.15) is 5.76 Å². The number of alkyl halides is 3. The first-order valence-corrected chi connectivity index (χ1v) is 4.59. The van der Waals surface area contributed by atoms with Crippen LogP contribution in [0.15, 0.2) is 16.5 Å². The van der Waals surface area contributed by atoms with E-state index in [1.54, 1.807) is 0 Å². The van der Waals surface area contributed by atoms with E-state index in [-0.39, 0.29) is 0 Å².